The predicted octanol–water partition coefficient (Wildman–Crippen LogP) is 4.62. The maximum atomic E-state index is 6.26. The van der Waals surface area contributed by atoms with Crippen LogP contribution in [0.2, 0.25) is 5.02 Å². The summed E-state index contributed by atoms with van der Waals surface area (Å²) in [5.41, 5.74) is 8.28. The van der Waals surface area contributed by atoms with Crippen molar-refractivity contribution in [3.8, 4) is 0 Å². The number of anilines is 1. The lowest BCUT2D eigenvalue weighted by molar-refractivity contribution is 0.598. The van der Waals surface area contributed by atoms with Crippen molar-refractivity contribution in [2.75, 3.05) is 5.73 Å². The summed E-state index contributed by atoms with van der Waals surface area (Å²) in [7, 11) is 0. The number of hydrogen-bond acceptors (Lipinski definition) is 7. The molecule has 0 saturated heterocycles. The normalized spacial score (nSPS) is 11.6. The monoisotopic (exact) mass is 390 g/mol. The molecular weight excluding hydrogens is 376 g/mol. The minimum absolute atomic E-state index is 0.398. The lowest BCUT2D eigenvalue weighted by Crippen LogP contribution is -2.01. The Bertz CT molecular complexity index is 1060. The number of aromatic nitrogens is 5. The molecule has 0 unspecified atom stereocenters. The molecule has 0 aliphatic rings. The second kappa shape index (κ2) is 6.78. The molecule has 25 heavy (non-hydrogen) atoms. The highest BCUT2D eigenvalue weighted by Crippen LogP contribution is 2.38. The first-order valence-corrected chi connectivity index (χ1v) is 9.88. The Balaban J connectivity index is 1.79. The van der Waals surface area contributed by atoms with Gasteiger partial charge in [0.2, 0.25) is 0 Å². The topological polar surface area (TPSA) is 82.5 Å². The molecule has 4 aromatic rings. The molecule has 4 rings (SSSR count). The number of hydrogen-bond donors (Lipinski definition) is 1. The van der Waals surface area contributed by atoms with Crippen LogP contribution < -0.4 is 5.73 Å². The number of fused-ring (bicyclic) bond motifs is 2. The molecule has 0 fully saturated rings. The van der Waals surface area contributed by atoms with Gasteiger partial charge in [0, 0.05) is 6.54 Å². The largest absolute Gasteiger partial charge is 0.382 e. The van der Waals surface area contributed by atoms with Crippen LogP contribution in [0.3, 0.4) is 0 Å². The highest BCUT2D eigenvalue weighted by molar-refractivity contribution is 8.01. The van der Waals surface area contributed by atoms with Crippen molar-refractivity contribution in [2.45, 2.75) is 35.8 Å². The van der Waals surface area contributed by atoms with E-state index in [2.05, 4.69) is 31.4 Å². The van der Waals surface area contributed by atoms with E-state index >= 15 is 0 Å². The van der Waals surface area contributed by atoms with Crippen LogP contribution in [0, 0.1) is 0 Å². The third kappa shape index (κ3) is 3.05. The number of nitrogen functional groups attached to an aromatic ring is 1. The summed E-state index contributed by atoms with van der Waals surface area (Å²) < 4.78 is 3.97. The third-order valence-corrected chi connectivity index (χ3v) is 6.37. The summed E-state index contributed by atoms with van der Waals surface area (Å²) in [6.07, 6.45) is 3.60. The van der Waals surface area contributed by atoms with E-state index in [0.717, 1.165) is 49.8 Å². The van der Waals surface area contributed by atoms with Crippen molar-refractivity contribution >= 4 is 61.9 Å². The van der Waals surface area contributed by atoms with Crippen LogP contribution in [0.15, 0.2) is 34.0 Å². The molecular formula is C16H15ClN6S2. The highest BCUT2D eigenvalue weighted by atomic mass is 35.5. The predicted molar refractivity (Wildman–Crippen MR) is 103 cm³/mol. The molecule has 0 bridgehead atoms. The van der Waals surface area contributed by atoms with E-state index in [9.17, 15) is 0 Å². The lowest BCUT2D eigenvalue weighted by Gasteiger charge is -2.05. The van der Waals surface area contributed by atoms with Gasteiger partial charge < -0.3 is 10.3 Å². The van der Waals surface area contributed by atoms with Crippen molar-refractivity contribution in [3.63, 3.8) is 0 Å². The molecule has 0 radical (unpaired) electrons. The average Bonchev–Trinajstić information content (AvgIpc) is 3.16. The first-order chi connectivity index (χ1) is 12.2. The molecule has 0 aliphatic heterocycles. The Morgan fingerprint density at radius 2 is 2.16 bits per heavy atom. The number of benzene rings is 1. The van der Waals surface area contributed by atoms with Crippen molar-refractivity contribution in [1.29, 1.82) is 0 Å². The Hall–Kier alpha value is -1.90. The fourth-order valence-electron chi connectivity index (χ4n) is 2.55. The van der Waals surface area contributed by atoms with Crippen molar-refractivity contribution in [3.05, 3.63) is 29.5 Å². The smallest absolute Gasteiger partial charge is 0.177 e. The van der Waals surface area contributed by atoms with Crippen molar-refractivity contribution in [1.82, 2.24) is 24.5 Å². The van der Waals surface area contributed by atoms with Crippen LogP contribution in [0.1, 0.15) is 19.8 Å². The number of unbranched alkanes of at least 4 members (excludes halogenated alkanes) is 1. The van der Waals surface area contributed by atoms with Gasteiger partial charge in [0.1, 0.15) is 6.33 Å². The summed E-state index contributed by atoms with van der Waals surface area (Å²) in [4.78, 5) is 17.7. The van der Waals surface area contributed by atoms with E-state index in [4.69, 9.17) is 17.3 Å². The lowest BCUT2D eigenvalue weighted by atomic mass is 10.3. The summed E-state index contributed by atoms with van der Waals surface area (Å²) >= 11 is 9.34. The minimum atomic E-state index is 0.398. The number of rotatable bonds is 5. The van der Waals surface area contributed by atoms with E-state index in [1.807, 2.05) is 18.2 Å². The summed E-state index contributed by atoms with van der Waals surface area (Å²) in [6, 6.07) is 5.75. The molecule has 6 nitrogen and oxygen atoms in total. The second-order valence-electron chi connectivity index (χ2n) is 5.50. The fraction of sp³-hybridized carbons (Fsp3) is 0.250. The Kier molecular flexibility index (Phi) is 4.49. The highest BCUT2D eigenvalue weighted by Gasteiger charge is 2.17. The zero-order chi connectivity index (χ0) is 17.4. The van der Waals surface area contributed by atoms with Gasteiger partial charge in [0.05, 0.1) is 15.2 Å². The van der Waals surface area contributed by atoms with Crippen molar-refractivity contribution < 1.29 is 0 Å². The van der Waals surface area contributed by atoms with Crippen LogP contribution in [0.4, 0.5) is 5.82 Å². The third-order valence-electron chi connectivity index (χ3n) is 3.79. The number of halogens is 1. The summed E-state index contributed by atoms with van der Waals surface area (Å²) in [5.74, 6) is 0.398. The summed E-state index contributed by atoms with van der Waals surface area (Å²) in [5, 5.41) is 1.54. The molecule has 128 valence electrons. The average molecular weight is 391 g/mol. The molecule has 3 heterocycles. The van der Waals surface area contributed by atoms with Gasteiger partial charge in [0.15, 0.2) is 26.5 Å². The molecule has 0 aliphatic carbocycles. The molecule has 0 amide bonds. The standard InChI is InChI=1S/C16H15ClN6S2/c1-2-3-7-23-14-11(13(18)19-8-20-14)22-15(23)25-16-21-10-6-4-5-9(17)12(10)24-16/h4-6,8H,2-3,7H2,1H3,(H2,18,19,20). The van der Waals surface area contributed by atoms with Gasteiger partial charge >= 0.3 is 0 Å². The number of nitrogens with two attached hydrogens (primary N) is 1. The maximum absolute atomic E-state index is 6.26. The van der Waals surface area contributed by atoms with E-state index in [0.29, 0.717) is 11.3 Å². The van der Waals surface area contributed by atoms with E-state index in [1.165, 1.54) is 18.1 Å². The Labute approximate surface area is 157 Å². The summed E-state index contributed by atoms with van der Waals surface area (Å²) in [6.45, 7) is 2.99. The van der Waals surface area contributed by atoms with Crippen LogP contribution in [0.5, 0.6) is 0 Å². The Morgan fingerprint density at radius 3 is 2.96 bits per heavy atom. The molecule has 0 spiro atoms. The molecule has 0 atom stereocenters. The van der Waals surface area contributed by atoms with Gasteiger partial charge in [-0.05, 0) is 30.3 Å². The number of aryl methyl sites for hydroxylation is 1. The second-order valence-corrected chi connectivity index (χ2v) is 8.12. The van der Waals surface area contributed by atoms with E-state index < -0.39 is 0 Å². The molecule has 0 saturated carbocycles. The van der Waals surface area contributed by atoms with Gasteiger partial charge in [-0.25, -0.2) is 19.9 Å². The van der Waals surface area contributed by atoms with Gasteiger partial charge in [0.25, 0.3) is 0 Å². The fourth-order valence-corrected chi connectivity index (χ4v) is 4.90. The van der Waals surface area contributed by atoms with Gasteiger partial charge in [-0.15, -0.1) is 11.3 Å². The van der Waals surface area contributed by atoms with E-state index in [-0.39, 0.29) is 0 Å². The van der Waals surface area contributed by atoms with Crippen LogP contribution >= 0.6 is 34.7 Å². The number of nitrogens with zero attached hydrogens (tertiary/aromatic N) is 5. The molecule has 3 aromatic heterocycles. The van der Waals surface area contributed by atoms with E-state index in [1.54, 1.807) is 11.3 Å². The molecule has 2 N–H and O–H groups in total. The Morgan fingerprint density at radius 1 is 1.28 bits per heavy atom. The zero-order valence-corrected chi connectivity index (χ0v) is 15.8. The molecule has 1 aromatic carbocycles. The van der Waals surface area contributed by atoms with Gasteiger partial charge in [-0.2, -0.15) is 0 Å². The SMILES string of the molecule is CCCCn1c(Sc2nc3cccc(Cl)c3s2)nc2c(N)ncnc21. The van der Waals surface area contributed by atoms with Gasteiger partial charge in [-0.3, -0.25) is 0 Å². The number of imidazole rings is 1. The van der Waals surface area contributed by atoms with Crippen LogP contribution in [0.25, 0.3) is 21.4 Å². The van der Waals surface area contributed by atoms with Crippen LogP contribution in [-0.4, -0.2) is 24.5 Å². The maximum Gasteiger partial charge on any atom is 0.177 e. The molecule has 9 heteroatoms. The first kappa shape index (κ1) is 16.6. The van der Waals surface area contributed by atoms with Gasteiger partial charge in [-0.1, -0.05) is 31.0 Å². The zero-order valence-electron chi connectivity index (χ0n) is 13.4. The number of thiazole rings is 1. The quantitative estimate of drug-likeness (QED) is 0.535. The van der Waals surface area contributed by atoms with Crippen LogP contribution in [-0.2, 0) is 6.54 Å². The first-order valence-electron chi connectivity index (χ1n) is 7.87. The minimum Gasteiger partial charge on any atom is -0.382 e. The van der Waals surface area contributed by atoms with Crippen molar-refractivity contribution in [2.24, 2.45) is 0 Å².